The summed E-state index contributed by atoms with van der Waals surface area (Å²) in [4.78, 5) is 2.22. The third-order valence-corrected chi connectivity index (χ3v) is 3.51. The summed E-state index contributed by atoms with van der Waals surface area (Å²) in [6, 6.07) is 6.93. The Bertz CT molecular complexity index is 387. The molecule has 0 amide bonds. The Balaban J connectivity index is 0.00000180. The Labute approximate surface area is 120 Å². The van der Waals surface area contributed by atoms with Gasteiger partial charge in [0, 0.05) is 19.1 Å². The predicted molar refractivity (Wildman–Crippen MR) is 77.3 cm³/mol. The normalized spacial score (nSPS) is 16.0. The number of nitrogens with zero attached hydrogens (tertiary/aromatic N) is 1. The average molecular weight is 289 g/mol. The molecule has 0 radical (unpaired) electrons. The van der Waals surface area contributed by atoms with Crippen molar-refractivity contribution in [3.05, 3.63) is 30.1 Å². The lowest BCUT2D eigenvalue weighted by Gasteiger charge is -2.26. The molecule has 0 bridgehead atoms. The first kappa shape index (κ1) is 16.2. The zero-order valence-electron chi connectivity index (χ0n) is 11.2. The number of benzene rings is 1. The molecule has 1 unspecified atom stereocenters. The molecule has 0 aromatic heterocycles. The van der Waals surface area contributed by atoms with E-state index < -0.39 is 0 Å². The molecule has 3 nitrogen and oxygen atoms in total. The molecule has 2 N–H and O–H groups in total. The second-order valence-corrected chi connectivity index (χ2v) is 4.90. The first-order valence-electron chi connectivity index (χ1n) is 6.50. The zero-order chi connectivity index (χ0) is 13.0. The van der Waals surface area contributed by atoms with Gasteiger partial charge in [0.25, 0.3) is 0 Å². The number of hydrogen-bond donors (Lipinski definition) is 1. The quantitative estimate of drug-likeness (QED) is 0.837. The molecule has 1 atom stereocenters. The largest absolute Gasteiger partial charge is 0.489 e. The van der Waals surface area contributed by atoms with E-state index in [0.29, 0.717) is 24.9 Å². The van der Waals surface area contributed by atoms with Crippen molar-refractivity contribution in [2.24, 2.45) is 11.7 Å². The molecule has 19 heavy (non-hydrogen) atoms. The topological polar surface area (TPSA) is 38.5 Å². The van der Waals surface area contributed by atoms with Gasteiger partial charge in [-0.25, -0.2) is 4.39 Å². The minimum absolute atomic E-state index is 0. The molecular formula is C14H22ClFN2O. The van der Waals surface area contributed by atoms with Crippen molar-refractivity contribution < 1.29 is 9.13 Å². The third kappa shape index (κ3) is 4.64. The molecule has 108 valence electrons. The minimum atomic E-state index is -0.308. The second kappa shape index (κ2) is 7.68. The zero-order valence-corrected chi connectivity index (χ0v) is 12.0. The van der Waals surface area contributed by atoms with Crippen LogP contribution < -0.4 is 10.5 Å². The highest BCUT2D eigenvalue weighted by molar-refractivity contribution is 5.85. The molecule has 0 saturated heterocycles. The van der Waals surface area contributed by atoms with E-state index in [9.17, 15) is 4.39 Å². The molecular weight excluding hydrogens is 267 g/mol. The fourth-order valence-corrected chi connectivity index (χ4v) is 2.24. The van der Waals surface area contributed by atoms with Crippen LogP contribution in [0.25, 0.3) is 0 Å². The van der Waals surface area contributed by atoms with Gasteiger partial charge in [-0.3, -0.25) is 4.90 Å². The minimum Gasteiger partial charge on any atom is -0.489 e. The number of halogens is 2. The molecule has 0 heterocycles. The van der Waals surface area contributed by atoms with E-state index in [0.717, 1.165) is 12.5 Å². The van der Waals surface area contributed by atoms with Crippen molar-refractivity contribution in [3.63, 3.8) is 0 Å². The van der Waals surface area contributed by atoms with Crippen LogP contribution >= 0.6 is 12.4 Å². The summed E-state index contributed by atoms with van der Waals surface area (Å²) in [7, 11) is 2.06. The van der Waals surface area contributed by atoms with Crippen molar-refractivity contribution in [1.82, 2.24) is 4.90 Å². The predicted octanol–water partition coefficient (Wildman–Crippen LogP) is 2.30. The monoisotopic (exact) mass is 288 g/mol. The van der Waals surface area contributed by atoms with Gasteiger partial charge in [0.05, 0.1) is 0 Å². The van der Waals surface area contributed by atoms with Crippen LogP contribution in [0.2, 0.25) is 0 Å². The van der Waals surface area contributed by atoms with Crippen molar-refractivity contribution in [2.75, 3.05) is 26.7 Å². The van der Waals surface area contributed by atoms with Gasteiger partial charge in [0.1, 0.15) is 6.61 Å². The molecule has 1 fully saturated rings. The van der Waals surface area contributed by atoms with Gasteiger partial charge in [-0.1, -0.05) is 12.1 Å². The van der Waals surface area contributed by atoms with E-state index in [-0.39, 0.29) is 18.2 Å². The fourth-order valence-electron chi connectivity index (χ4n) is 2.24. The maximum absolute atomic E-state index is 13.3. The molecule has 1 aliphatic rings. The van der Waals surface area contributed by atoms with Crippen molar-refractivity contribution in [1.29, 1.82) is 0 Å². The number of likely N-dealkylation sites (N-methyl/N-ethyl adjacent to an activating group) is 1. The maximum Gasteiger partial charge on any atom is 0.165 e. The van der Waals surface area contributed by atoms with Crippen LogP contribution in [0.5, 0.6) is 5.75 Å². The highest BCUT2D eigenvalue weighted by Gasteiger charge is 2.32. The van der Waals surface area contributed by atoms with E-state index in [4.69, 9.17) is 10.5 Å². The third-order valence-electron chi connectivity index (χ3n) is 3.51. The lowest BCUT2D eigenvalue weighted by atomic mass is 10.1. The lowest BCUT2D eigenvalue weighted by Crippen LogP contribution is -2.41. The molecule has 1 aliphatic carbocycles. The summed E-state index contributed by atoms with van der Waals surface area (Å²) >= 11 is 0. The van der Waals surface area contributed by atoms with Crippen LogP contribution in [0.15, 0.2) is 24.3 Å². The van der Waals surface area contributed by atoms with E-state index >= 15 is 0 Å². The maximum atomic E-state index is 13.3. The Morgan fingerprint density at radius 2 is 2.11 bits per heavy atom. The van der Waals surface area contributed by atoms with Crippen molar-refractivity contribution in [3.8, 4) is 5.75 Å². The first-order valence-corrected chi connectivity index (χ1v) is 6.50. The molecule has 1 aromatic rings. The number of ether oxygens (including phenoxy) is 1. The van der Waals surface area contributed by atoms with Crippen LogP contribution in [0.1, 0.15) is 12.8 Å². The fraction of sp³-hybridized carbons (Fsp3) is 0.571. The second-order valence-electron chi connectivity index (χ2n) is 4.90. The number of rotatable bonds is 7. The number of para-hydroxylation sites is 1. The summed E-state index contributed by atoms with van der Waals surface area (Å²) in [6.45, 7) is 1.94. The molecule has 1 saturated carbocycles. The Hall–Kier alpha value is -0.840. The van der Waals surface area contributed by atoms with Crippen LogP contribution in [-0.4, -0.2) is 37.7 Å². The SMILES string of the molecule is CN(CCOc1ccccc1F)C(CN)C1CC1.Cl. The highest BCUT2D eigenvalue weighted by atomic mass is 35.5. The number of hydrogen-bond acceptors (Lipinski definition) is 3. The molecule has 0 aliphatic heterocycles. The molecule has 5 heteroatoms. The summed E-state index contributed by atoms with van der Waals surface area (Å²) < 4.78 is 18.8. The van der Waals surface area contributed by atoms with E-state index in [1.807, 2.05) is 0 Å². The van der Waals surface area contributed by atoms with Crippen LogP contribution in [0, 0.1) is 11.7 Å². The van der Waals surface area contributed by atoms with Gasteiger partial charge in [-0.15, -0.1) is 12.4 Å². The Kier molecular flexibility index (Phi) is 6.55. The van der Waals surface area contributed by atoms with Crippen LogP contribution in [-0.2, 0) is 0 Å². The molecule has 1 aromatic carbocycles. The van der Waals surface area contributed by atoms with Crippen molar-refractivity contribution >= 4 is 12.4 Å². The molecule has 0 spiro atoms. The van der Waals surface area contributed by atoms with E-state index in [2.05, 4.69) is 11.9 Å². The Morgan fingerprint density at radius 3 is 2.68 bits per heavy atom. The van der Waals surface area contributed by atoms with Gasteiger partial charge in [0.15, 0.2) is 11.6 Å². The van der Waals surface area contributed by atoms with Gasteiger partial charge < -0.3 is 10.5 Å². The van der Waals surface area contributed by atoms with E-state index in [1.54, 1.807) is 18.2 Å². The van der Waals surface area contributed by atoms with Gasteiger partial charge >= 0.3 is 0 Å². The van der Waals surface area contributed by atoms with E-state index in [1.165, 1.54) is 18.9 Å². The van der Waals surface area contributed by atoms with Crippen LogP contribution in [0.4, 0.5) is 4.39 Å². The van der Waals surface area contributed by atoms with Gasteiger partial charge in [-0.05, 0) is 37.9 Å². The highest BCUT2D eigenvalue weighted by Crippen LogP contribution is 2.34. The number of nitrogens with two attached hydrogens (primary N) is 1. The molecule has 2 rings (SSSR count). The van der Waals surface area contributed by atoms with Gasteiger partial charge in [0.2, 0.25) is 0 Å². The van der Waals surface area contributed by atoms with Crippen molar-refractivity contribution in [2.45, 2.75) is 18.9 Å². The summed E-state index contributed by atoms with van der Waals surface area (Å²) in [5, 5.41) is 0. The standard InChI is InChI=1S/C14H21FN2O.ClH/c1-17(13(10-16)11-6-7-11)8-9-18-14-5-3-2-4-12(14)15;/h2-5,11,13H,6-10,16H2,1H3;1H. The summed E-state index contributed by atoms with van der Waals surface area (Å²) in [5.41, 5.74) is 5.78. The summed E-state index contributed by atoms with van der Waals surface area (Å²) in [6.07, 6.45) is 2.56. The lowest BCUT2D eigenvalue weighted by molar-refractivity contribution is 0.177. The Morgan fingerprint density at radius 1 is 1.42 bits per heavy atom. The van der Waals surface area contributed by atoms with Gasteiger partial charge in [-0.2, -0.15) is 0 Å². The average Bonchev–Trinajstić information content (AvgIpc) is 3.17. The first-order chi connectivity index (χ1) is 8.72. The van der Waals surface area contributed by atoms with Crippen LogP contribution in [0.3, 0.4) is 0 Å². The smallest absolute Gasteiger partial charge is 0.165 e. The summed E-state index contributed by atoms with van der Waals surface area (Å²) in [5.74, 6) is 0.757.